The molecule has 0 aliphatic carbocycles. The predicted octanol–water partition coefficient (Wildman–Crippen LogP) is 5.46. The molecule has 0 spiro atoms. The predicted molar refractivity (Wildman–Crippen MR) is 128 cm³/mol. The summed E-state index contributed by atoms with van der Waals surface area (Å²) in [6.45, 7) is 10.8. The summed E-state index contributed by atoms with van der Waals surface area (Å²) in [7, 11) is 0. The van der Waals surface area contributed by atoms with Gasteiger partial charge in [0.05, 0.1) is 0 Å². The average Bonchev–Trinajstić information content (AvgIpc) is 2.78. The van der Waals surface area contributed by atoms with Crippen molar-refractivity contribution in [2.75, 3.05) is 0 Å². The summed E-state index contributed by atoms with van der Waals surface area (Å²) in [5, 5.41) is 3.06. The van der Waals surface area contributed by atoms with E-state index in [9.17, 15) is 9.59 Å². The van der Waals surface area contributed by atoms with Crippen molar-refractivity contribution in [3.63, 3.8) is 0 Å². The number of hydrogen-bond donors (Lipinski definition) is 1. The molecule has 0 saturated carbocycles. The third kappa shape index (κ3) is 7.54. The van der Waals surface area contributed by atoms with Gasteiger partial charge >= 0.3 is 0 Å². The Hall–Kier alpha value is -2.62. The Balaban J connectivity index is 2.15. The van der Waals surface area contributed by atoms with Crippen LogP contribution in [0.25, 0.3) is 0 Å². The molecule has 0 aliphatic heterocycles. The van der Waals surface area contributed by atoms with Crippen LogP contribution < -0.4 is 5.32 Å². The van der Waals surface area contributed by atoms with E-state index in [1.807, 2.05) is 51.1 Å². The topological polar surface area (TPSA) is 49.4 Å². The van der Waals surface area contributed by atoms with Gasteiger partial charge in [0.2, 0.25) is 11.8 Å². The molecule has 2 rings (SSSR count). The highest BCUT2D eigenvalue weighted by Gasteiger charge is 2.28. The summed E-state index contributed by atoms with van der Waals surface area (Å²) in [5.74, 6) is 0.441. The highest BCUT2D eigenvalue weighted by atomic mass is 16.2. The summed E-state index contributed by atoms with van der Waals surface area (Å²) < 4.78 is 0. The van der Waals surface area contributed by atoms with Gasteiger partial charge in [-0.1, -0.05) is 82.3 Å². The monoisotopic (exact) mass is 422 g/mol. The number of amides is 2. The Morgan fingerprint density at radius 3 is 2.06 bits per heavy atom. The summed E-state index contributed by atoms with van der Waals surface area (Å²) in [4.78, 5) is 28.0. The number of benzene rings is 2. The number of carbonyl (C=O) groups excluding carboxylic acids is 2. The van der Waals surface area contributed by atoms with Gasteiger partial charge in [-0.2, -0.15) is 0 Å². The van der Waals surface area contributed by atoms with Crippen molar-refractivity contribution in [3.05, 3.63) is 71.3 Å². The van der Waals surface area contributed by atoms with Crippen molar-refractivity contribution in [2.24, 2.45) is 0 Å². The average molecular weight is 423 g/mol. The Morgan fingerprint density at radius 2 is 1.52 bits per heavy atom. The van der Waals surface area contributed by atoms with Crippen molar-refractivity contribution in [1.29, 1.82) is 0 Å². The SMILES string of the molecule is CC[C@@H](C)NC(=O)[C@@H](CC)N(Cc1ccccc1)C(=O)CCc1ccc(C(C)C)cc1. The molecule has 0 unspecified atom stereocenters. The minimum atomic E-state index is -0.468. The van der Waals surface area contributed by atoms with Gasteiger partial charge in [-0.3, -0.25) is 9.59 Å². The van der Waals surface area contributed by atoms with Crippen molar-refractivity contribution in [2.45, 2.75) is 84.8 Å². The van der Waals surface area contributed by atoms with Gasteiger partial charge in [0, 0.05) is 19.0 Å². The van der Waals surface area contributed by atoms with E-state index >= 15 is 0 Å². The van der Waals surface area contributed by atoms with Crippen LogP contribution in [0.3, 0.4) is 0 Å². The van der Waals surface area contributed by atoms with Crippen molar-refractivity contribution >= 4 is 11.8 Å². The molecule has 0 radical (unpaired) electrons. The zero-order valence-electron chi connectivity index (χ0n) is 19.7. The lowest BCUT2D eigenvalue weighted by atomic mass is 10.00. The number of nitrogens with one attached hydrogen (secondary N) is 1. The van der Waals surface area contributed by atoms with Crippen LogP contribution >= 0.6 is 0 Å². The van der Waals surface area contributed by atoms with E-state index in [-0.39, 0.29) is 17.9 Å². The molecule has 0 aliphatic rings. The molecule has 0 fully saturated rings. The van der Waals surface area contributed by atoms with E-state index in [1.165, 1.54) is 5.56 Å². The third-order valence-corrected chi connectivity index (χ3v) is 5.86. The number of aryl methyl sites for hydroxylation is 1. The molecule has 4 nitrogen and oxygen atoms in total. The highest BCUT2D eigenvalue weighted by molar-refractivity contribution is 5.87. The Morgan fingerprint density at radius 1 is 0.871 bits per heavy atom. The van der Waals surface area contributed by atoms with Crippen LogP contribution in [0, 0.1) is 0 Å². The van der Waals surface area contributed by atoms with Crippen LogP contribution in [-0.4, -0.2) is 28.8 Å². The minimum Gasteiger partial charge on any atom is -0.352 e. The Kier molecular flexibility index (Phi) is 9.77. The first-order chi connectivity index (χ1) is 14.8. The number of carbonyl (C=O) groups is 2. The van der Waals surface area contributed by atoms with Crippen LogP contribution in [0.1, 0.15) is 76.5 Å². The molecule has 1 N–H and O–H groups in total. The van der Waals surface area contributed by atoms with Gasteiger partial charge in [0.15, 0.2) is 0 Å². The Labute approximate surface area is 188 Å². The van der Waals surface area contributed by atoms with Crippen LogP contribution in [0.15, 0.2) is 54.6 Å². The maximum atomic E-state index is 13.3. The summed E-state index contributed by atoms with van der Waals surface area (Å²) in [5.41, 5.74) is 3.48. The molecule has 31 heavy (non-hydrogen) atoms. The van der Waals surface area contributed by atoms with Gasteiger partial charge in [0.1, 0.15) is 6.04 Å². The molecule has 0 bridgehead atoms. The van der Waals surface area contributed by atoms with E-state index < -0.39 is 6.04 Å². The lowest BCUT2D eigenvalue weighted by molar-refractivity contribution is -0.141. The largest absolute Gasteiger partial charge is 0.352 e. The van der Waals surface area contributed by atoms with Gasteiger partial charge in [-0.05, 0) is 48.8 Å². The fourth-order valence-electron chi connectivity index (χ4n) is 3.60. The van der Waals surface area contributed by atoms with Crippen molar-refractivity contribution in [3.8, 4) is 0 Å². The summed E-state index contributed by atoms with van der Waals surface area (Å²) >= 11 is 0. The molecular formula is C27H38N2O2. The zero-order valence-corrected chi connectivity index (χ0v) is 19.7. The second-order valence-corrected chi connectivity index (χ2v) is 8.65. The zero-order chi connectivity index (χ0) is 22.8. The van der Waals surface area contributed by atoms with E-state index in [1.54, 1.807) is 4.90 Å². The quantitative estimate of drug-likeness (QED) is 0.522. The first-order valence-electron chi connectivity index (χ1n) is 11.6. The first kappa shape index (κ1) is 24.6. The van der Waals surface area contributed by atoms with E-state index in [0.717, 1.165) is 17.5 Å². The molecule has 2 aromatic rings. The first-order valence-corrected chi connectivity index (χ1v) is 11.6. The van der Waals surface area contributed by atoms with Crippen molar-refractivity contribution < 1.29 is 9.59 Å². The van der Waals surface area contributed by atoms with Crippen molar-refractivity contribution in [1.82, 2.24) is 10.2 Å². The summed E-state index contributed by atoms with van der Waals surface area (Å²) in [6, 6.07) is 18.0. The van der Waals surface area contributed by atoms with Gasteiger partial charge in [-0.15, -0.1) is 0 Å². The standard InChI is InChI=1S/C27H38N2O2/c1-6-21(5)28-27(31)25(7-2)29(19-23-11-9-8-10-12-23)26(30)18-15-22-13-16-24(17-14-22)20(3)4/h8-14,16-17,20-21,25H,6-7,15,18-19H2,1-5H3,(H,28,31)/t21-,25-/m1/s1. The van der Waals surface area contributed by atoms with Crippen LogP contribution in [0.5, 0.6) is 0 Å². The summed E-state index contributed by atoms with van der Waals surface area (Å²) in [6.07, 6.45) is 2.51. The third-order valence-electron chi connectivity index (χ3n) is 5.86. The minimum absolute atomic E-state index is 0.0166. The second kappa shape index (κ2) is 12.3. The molecule has 0 heterocycles. The van der Waals surface area contributed by atoms with Gasteiger partial charge < -0.3 is 10.2 Å². The Bertz CT molecular complexity index is 815. The molecule has 0 saturated heterocycles. The fraction of sp³-hybridized carbons (Fsp3) is 0.481. The second-order valence-electron chi connectivity index (χ2n) is 8.65. The number of rotatable bonds is 11. The smallest absolute Gasteiger partial charge is 0.243 e. The van der Waals surface area contributed by atoms with Gasteiger partial charge in [0.25, 0.3) is 0 Å². The van der Waals surface area contributed by atoms with Gasteiger partial charge in [-0.25, -0.2) is 0 Å². The lowest BCUT2D eigenvalue weighted by Crippen LogP contribution is -2.50. The molecular weight excluding hydrogens is 384 g/mol. The molecule has 2 amide bonds. The molecule has 2 atom stereocenters. The number of hydrogen-bond acceptors (Lipinski definition) is 2. The fourth-order valence-corrected chi connectivity index (χ4v) is 3.60. The lowest BCUT2D eigenvalue weighted by Gasteiger charge is -2.31. The maximum absolute atomic E-state index is 13.3. The van der Waals surface area contributed by atoms with Crippen LogP contribution in [0.2, 0.25) is 0 Å². The molecule has 4 heteroatoms. The van der Waals surface area contributed by atoms with E-state index in [2.05, 4.69) is 43.4 Å². The molecule has 168 valence electrons. The number of nitrogens with zero attached hydrogens (tertiary/aromatic N) is 1. The molecule has 0 aromatic heterocycles. The maximum Gasteiger partial charge on any atom is 0.243 e. The van der Waals surface area contributed by atoms with E-state index in [4.69, 9.17) is 0 Å². The normalized spacial score (nSPS) is 13.0. The van der Waals surface area contributed by atoms with Crippen LogP contribution in [-0.2, 0) is 22.6 Å². The van der Waals surface area contributed by atoms with E-state index in [0.29, 0.717) is 31.7 Å². The van der Waals surface area contributed by atoms with Crippen LogP contribution in [0.4, 0.5) is 0 Å². The molecule has 2 aromatic carbocycles. The highest BCUT2D eigenvalue weighted by Crippen LogP contribution is 2.18.